The van der Waals surface area contributed by atoms with Gasteiger partial charge in [-0.25, -0.2) is 9.97 Å². The van der Waals surface area contributed by atoms with Gasteiger partial charge in [0.15, 0.2) is 0 Å². The Labute approximate surface area is 94.9 Å². The number of carbonyl (C=O) groups excluding carboxylic acids is 1. The third kappa shape index (κ3) is 3.00. The predicted molar refractivity (Wildman–Crippen MR) is 59.6 cm³/mol. The molecule has 1 fully saturated rings. The van der Waals surface area contributed by atoms with Crippen molar-refractivity contribution in [1.82, 2.24) is 20.2 Å². The zero-order chi connectivity index (χ0) is 11.2. The van der Waals surface area contributed by atoms with Crippen molar-refractivity contribution in [2.45, 2.75) is 19.4 Å². The Kier molecular flexibility index (Phi) is 3.82. The van der Waals surface area contributed by atoms with E-state index in [4.69, 9.17) is 0 Å². The first-order chi connectivity index (χ1) is 7.86. The standard InChI is InChI=1S/C11H16N4O/c16-11(15-3-1-2-4-15)8-12-5-10-6-13-9-14-7-10/h6-7,9,12H,1-5,8H2. The molecule has 5 nitrogen and oxygen atoms in total. The van der Waals surface area contributed by atoms with E-state index in [0.29, 0.717) is 13.1 Å². The summed E-state index contributed by atoms with van der Waals surface area (Å²) >= 11 is 0. The van der Waals surface area contributed by atoms with Gasteiger partial charge in [-0.3, -0.25) is 4.79 Å². The molecule has 0 spiro atoms. The molecule has 1 aliphatic rings. The van der Waals surface area contributed by atoms with E-state index in [1.807, 2.05) is 4.90 Å². The molecule has 1 amide bonds. The summed E-state index contributed by atoms with van der Waals surface area (Å²) in [6, 6.07) is 0. The van der Waals surface area contributed by atoms with Crippen LogP contribution < -0.4 is 5.32 Å². The van der Waals surface area contributed by atoms with E-state index >= 15 is 0 Å². The molecule has 16 heavy (non-hydrogen) atoms. The number of likely N-dealkylation sites (tertiary alicyclic amines) is 1. The fourth-order valence-electron chi connectivity index (χ4n) is 1.81. The van der Waals surface area contributed by atoms with Crippen LogP contribution in [0.25, 0.3) is 0 Å². The molecule has 0 aliphatic carbocycles. The van der Waals surface area contributed by atoms with Crippen LogP contribution in [0.15, 0.2) is 18.7 Å². The van der Waals surface area contributed by atoms with Gasteiger partial charge in [0.05, 0.1) is 6.54 Å². The number of amides is 1. The van der Waals surface area contributed by atoms with Crippen molar-refractivity contribution in [2.75, 3.05) is 19.6 Å². The zero-order valence-electron chi connectivity index (χ0n) is 9.22. The lowest BCUT2D eigenvalue weighted by atomic mass is 10.3. The molecule has 0 aromatic carbocycles. The van der Waals surface area contributed by atoms with Gasteiger partial charge in [0.1, 0.15) is 6.33 Å². The van der Waals surface area contributed by atoms with Crippen LogP contribution >= 0.6 is 0 Å². The quantitative estimate of drug-likeness (QED) is 0.787. The summed E-state index contributed by atoms with van der Waals surface area (Å²) in [6.07, 6.45) is 7.27. The van der Waals surface area contributed by atoms with Gasteiger partial charge in [0.2, 0.25) is 5.91 Å². The van der Waals surface area contributed by atoms with Crippen LogP contribution in [-0.4, -0.2) is 40.4 Å². The van der Waals surface area contributed by atoms with Crippen LogP contribution in [0.4, 0.5) is 0 Å². The van der Waals surface area contributed by atoms with E-state index in [9.17, 15) is 4.79 Å². The molecule has 0 saturated carbocycles. The van der Waals surface area contributed by atoms with Crippen LogP contribution in [0, 0.1) is 0 Å². The molecule has 1 aromatic heterocycles. The molecule has 86 valence electrons. The Hall–Kier alpha value is -1.49. The highest BCUT2D eigenvalue weighted by atomic mass is 16.2. The van der Waals surface area contributed by atoms with Crippen molar-refractivity contribution in [1.29, 1.82) is 0 Å². The summed E-state index contributed by atoms with van der Waals surface area (Å²) in [4.78, 5) is 21.4. The number of hydrogen-bond acceptors (Lipinski definition) is 4. The molecule has 2 heterocycles. The molecule has 0 atom stereocenters. The molecular weight excluding hydrogens is 204 g/mol. The molecular formula is C11H16N4O. The van der Waals surface area contributed by atoms with Crippen LogP contribution in [0.2, 0.25) is 0 Å². The maximum absolute atomic E-state index is 11.7. The summed E-state index contributed by atoms with van der Waals surface area (Å²) in [5, 5.41) is 3.11. The predicted octanol–water partition coefficient (Wildman–Crippen LogP) is 0.189. The van der Waals surface area contributed by atoms with E-state index in [2.05, 4.69) is 15.3 Å². The first kappa shape index (κ1) is 11.0. The number of aromatic nitrogens is 2. The summed E-state index contributed by atoms with van der Waals surface area (Å²) in [7, 11) is 0. The normalized spacial score (nSPS) is 15.4. The summed E-state index contributed by atoms with van der Waals surface area (Å²) in [5.74, 6) is 0.189. The molecule has 0 radical (unpaired) electrons. The van der Waals surface area contributed by atoms with E-state index in [1.54, 1.807) is 12.4 Å². The van der Waals surface area contributed by atoms with Gasteiger partial charge in [-0.15, -0.1) is 0 Å². The monoisotopic (exact) mass is 220 g/mol. The van der Waals surface area contributed by atoms with E-state index in [-0.39, 0.29) is 5.91 Å². The fourth-order valence-corrected chi connectivity index (χ4v) is 1.81. The van der Waals surface area contributed by atoms with Crippen LogP contribution in [0.5, 0.6) is 0 Å². The van der Waals surface area contributed by atoms with Gasteiger partial charge in [-0.1, -0.05) is 0 Å². The molecule has 5 heteroatoms. The number of carbonyl (C=O) groups is 1. The third-order valence-electron chi connectivity index (χ3n) is 2.68. The van der Waals surface area contributed by atoms with Crippen molar-refractivity contribution in [2.24, 2.45) is 0 Å². The lowest BCUT2D eigenvalue weighted by Crippen LogP contribution is -2.35. The third-order valence-corrected chi connectivity index (χ3v) is 2.68. The van der Waals surface area contributed by atoms with E-state index in [0.717, 1.165) is 31.5 Å². The van der Waals surface area contributed by atoms with Crippen molar-refractivity contribution < 1.29 is 4.79 Å². The highest BCUT2D eigenvalue weighted by molar-refractivity contribution is 5.78. The summed E-state index contributed by atoms with van der Waals surface area (Å²) < 4.78 is 0. The largest absolute Gasteiger partial charge is 0.342 e. The van der Waals surface area contributed by atoms with Crippen molar-refractivity contribution in [3.63, 3.8) is 0 Å². The molecule has 1 aromatic rings. The topological polar surface area (TPSA) is 58.1 Å². The minimum Gasteiger partial charge on any atom is -0.342 e. The molecule has 1 aliphatic heterocycles. The van der Waals surface area contributed by atoms with Crippen molar-refractivity contribution in [3.05, 3.63) is 24.3 Å². The smallest absolute Gasteiger partial charge is 0.236 e. The Morgan fingerprint density at radius 2 is 2.00 bits per heavy atom. The van der Waals surface area contributed by atoms with Gasteiger partial charge in [-0.2, -0.15) is 0 Å². The Balaban J connectivity index is 1.70. The number of hydrogen-bond donors (Lipinski definition) is 1. The molecule has 1 N–H and O–H groups in total. The highest BCUT2D eigenvalue weighted by Gasteiger charge is 2.16. The molecule has 0 bridgehead atoms. The Morgan fingerprint density at radius 3 is 2.69 bits per heavy atom. The Bertz CT molecular complexity index is 335. The molecule has 2 rings (SSSR count). The molecule has 1 saturated heterocycles. The second-order valence-corrected chi connectivity index (χ2v) is 3.94. The van der Waals surface area contributed by atoms with Crippen molar-refractivity contribution in [3.8, 4) is 0 Å². The van der Waals surface area contributed by atoms with Gasteiger partial charge in [0, 0.05) is 37.6 Å². The second-order valence-electron chi connectivity index (χ2n) is 3.94. The number of nitrogens with one attached hydrogen (secondary N) is 1. The second kappa shape index (κ2) is 5.55. The Morgan fingerprint density at radius 1 is 1.31 bits per heavy atom. The highest BCUT2D eigenvalue weighted by Crippen LogP contribution is 2.06. The minimum atomic E-state index is 0.189. The maximum Gasteiger partial charge on any atom is 0.236 e. The van der Waals surface area contributed by atoms with Gasteiger partial charge < -0.3 is 10.2 Å². The van der Waals surface area contributed by atoms with Crippen LogP contribution in [0.1, 0.15) is 18.4 Å². The minimum absolute atomic E-state index is 0.189. The SMILES string of the molecule is O=C(CNCc1cncnc1)N1CCCC1. The van der Waals surface area contributed by atoms with Crippen molar-refractivity contribution >= 4 is 5.91 Å². The lowest BCUT2D eigenvalue weighted by Gasteiger charge is -2.15. The average molecular weight is 220 g/mol. The summed E-state index contributed by atoms with van der Waals surface area (Å²) in [5.41, 5.74) is 0.997. The van der Waals surface area contributed by atoms with Gasteiger partial charge in [0.25, 0.3) is 0 Å². The van der Waals surface area contributed by atoms with Crippen LogP contribution in [-0.2, 0) is 11.3 Å². The fraction of sp³-hybridized carbons (Fsp3) is 0.545. The van der Waals surface area contributed by atoms with Gasteiger partial charge in [-0.05, 0) is 12.8 Å². The van der Waals surface area contributed by atoms with E-state index in [1.165, 1.54) is 6.33 Å². The first-order valence-corrected chi connectivity index (χ1v) is 5.58. The van der Waals surface area contributed by atoms with Gasteiger partial charge >= 0.3 is 0 Å². The molecule has 0 unspecified atom stereocenters. The lowest BCUT2D eigenvalue weighted by molar-refractivity contribution is -0.129. The zero-order valence-corrected chi connectivity index (χ0v) is 9.22. The number of nitrogens with zero attached hydrogens (tertiary/aromatic N) is 3. The number of rotatable bonds is 4. The maximum atomic E-state index is 11.7. The first-order valence-electron chi connectivity index (χ1n) is 5.58. The van der Waals surface area contributed by atoms with Crippen LogP contribution in [0.3, 0.4) is 0 Å². The van der Waals surface area contributed by atoms with E-state index < -0.39 is 0 Å². The average Bonchev–Trinajstić information content (AvgIpc) is 2.84. The summed E-state index contributed by atoms with van der Waals surface area (Å²) in [6.45, 7) is 2.86.